The highest BCUT2D eigenvalue weighted by Crippen LogP contribution is 2.31. The van der Waals surface area contributed by atoms with Gasteiger partial charge in [-0.1, -0.05) is 6.92 Å². The Labute approximate surface area is 172 Å². The molecule has 156 valence electrons. The number of rotatable bonds is 5. The predicted molar refractivity (Wildman–Crippen MR) is 114 cm³/mol. The summed E-state index contributed by atoms with van der Waals surface area (Å²) in [5.74, 6) is 1.69. The number of benzene rings is 1. The number of pyridine rings is 1. The third kappa shape index (κ3) is 4.41. The third-order valence-electron chi connectivity index (χ3n) is 6.03. The summed E-state index contributed by atoms with van der Waals surface area (Å²) in [7, 11) is 1.64. The van der Waals surface area contributed by atoms with Gasteiger partial charge in [-0.25, -0.2) is 9.37 Å². The lowest BCUT2D eigenvalue weighted by molar-refractivity contribution is 0.170. The minimum absolute atomic E-state index is 0.104. The number of halogens is 1. The van der Waals surface area contributed by atoms with Crippen LogP contribution in [-0.4, -0.2) is 44.4 Å². The van der Waals surface area contributed by atoms with Gasteiger partial charge in [0.2, 0.25) is 5.88 Å². The lowest BCUT2D eigenvalue weighted by Crippen LogP contribution is -2.38. The fourth-order valence-corrected chi connectivity index (χ4v) is 4.33. The van der Waals surface area contributed by atoms with Crippen LogP contribution in [0.15, 0.2) is 30.5 Å². The number of hydrogen-bond donors (Lipinski definition) is 0. The van der Waals surface area contributed by atoms with Gasteiger partial charge in [-0.15, -0.1) is 0 Å². The summed E-state index contributed by atoms with van der Waals surface area (Å²) in [6, 6.07) is 7.31. The highest BCUT2D eigenvalue weighted by atomic mass is 19.1. The molecule has 0 aliphatic carbocycles. The smallest absolute Gasteiger partial charge is 0.215 e. The summed E-state index contributed by atoms with van der Waals surface area (Å²) in [5.41, 5.74) is 2.99. The fourth-order valence-electron chi connectivity index (χ4n) is 4.33. The zero-order valence-corrected chi connectivity index (χ0v) is 17.5. The number of piperidine rings is 1. The molecule has 1 aromatic heterocycles. The van der Waals surface area contributed by atoms with Crippen molar-refractivity contribution in [2.75, 3.05) is 43.1 Å². The molecular formula is C23H30FN3O2. The van der Waals surface area contributed by atoms with E-state index in [1.165, 1.54) is 0 Å². The summed E-state index contributed by atoms with van der Waals surface area (Å²) >= 11 is 0. The second kappa shape index (κ2) is 8.47. The minimum atomic E-state index is -0.187. The van der Waals surface area contributed by atoms with Crippen LogP contribution in [0.1, 0.15) is 31.7 Å². The molecule has 0 spiro atoms. The summed E-state index contributed by atoms with van der Waals surface area (Å²) in [4.78, 5) is 8.74. The zero-order chi connectivity index (χ0) is 20.4. The fraction of sp³-hybridized carbons (Fsp3) is 0.522. The van der Waals surface area contributed by atoms with Gasteiger partial charge in [0.15, 0.2) is 0 Å². The number of ether oxygens (including phenoxy) is 2. The molecule has 4 rings (SSSR count). The van der Waals surface area contributed by atoms with E-state index in [0.29, 0.717) is 23.2 Å². The van der Waals surface area contributed by atoms with E-state index in [0.717, 1.165) is 56.7 Å². The number of methoxy groups -OCH3 is 1. The molecule has 2 aliphatic rings. The van der Waals surface area contributed by atoms with E-state index in [1.54, 1.807) is 13.2 Å². The highest BCUT2D eigenvalue weighted by molar-refractivity contribution is 5.55. The maximum atomic E-state index is 14.6. The number of anilines is 2. The van der Waals surface area contributed by atoms with Gasteiger partial charge in [-0.05, 0) is 37.0 Å². The van der Waals surface area contributed by atoms with Gasteiger partial charge < -0.3 is 19.3 Å². The molecule has 2 saturated heterocycles. The molecule has 0 radical (unpaired) electrons. The monoisotopic (exact) mass is 399 g/mol. The topological polar surface area (TPSA) is 37.8 Å². The summed E-state index contributed by atoms with van der Waals surface area (Å²) in [6.45, 7) is 7.92. The molecule has 5 nitrogen and oxygen atoms in total. The van der Waals surface area contributed by atoms with Crippen LogP contribution in [0.2, 0.25) is 0 Å². The van der Waals surface area contributed by atoms with Gasteiger partial charge in [0.05, 0.1) is 12.8 Å². The molecule has 3 heterocycles. The van der Waals surface area contributed by atoms with Crippen molar-refractivity contribution in [3.63, 3.8) is 0 Å². The van der Waals surface area contributed by atoms with Crippen LogP contribution in [0, 0.1) is 18.7 Å². The molecule has 0 bridgehead atoms. The van der Waals surface area contributed by atoms with Crippen molar-refractivity contribution in [3.05, 3.63) is 41.8 Å². The average molecular weight is 400 g/mol. The Morgan fingerprint density at radius 2 is 1.79 bits per heavy atom. The van der Waals surface area contributed by atoms with Gasteiger partial charge in [0.1, 0.15) is 17.7 Å². The maximum Gasteiger partial charge on any atom is 0.215 e. The first-order chi connectivity index (χ1) is 14.0. The van der Waals surface area contributed by atoms with E-state index in [1.807, 2.05) is 24.4 Å². The van der Waals surface area contributed by atoms with Gasteiger partial charge in [0, 0.05) is 63.0 Å². The van der Waals surface area contributed by atoms with Crippen LogP contribution in [0.4, 0.5) is 15.8 Å². The second-order valence-corrected chi connectivity index (χ2v) is 8.27. The maximum absolute atomic E-state index is 14.6. The molecular weight excluding hydrogens is 369 g/mol. The first kappa shape index (κ1) is 19.8. The molecule has 29 heavy (non-hydrogen) atoms. The van der Waals surface area contributed by atoms with E-state index in [9.17, 15) is 4.39 Å². The van der Waals surface area contributed by atoms with E-state index in [2.05, 4.69) is 28.6 Å². The summed E-state index contributed by atoms with van der Waals surface area (Å²) < 4.78 is 26.0. The molecule has 0 N–H and O–H groups in total. The van der Waals surface area contributed by atoms with Crippen molar-refractivity contribution in [2.24, 2.45) is 5.92 Å². The van der Waals surface area contributed by atoms with Crippen molar-refractivity contribution in [3.8, 4) is 11.6 Å². The Balaban J connectivity index is 1.36. The Kier molecular flexibility index (Phi) is 5.79. The lowest BCUT2D eigenvalue weighted by Gasteiger charge is -2.34. The molecule has 2 fully saturated rings. The predicted octanol–water partition coefficient (Wildman–Crippen LogP) is 4.43. The van der Waals surface area contributed by atoms with Gasteiger partial charge in [0.25, 0.3) is 0 Å². The zero-order valence-electron chi connectivity index (χ0n) is 17.5. The van der Waals surface area contributed by atoms with Crippen molar-refractivity contribution in [1.82, 2.24) is 4.98 Å². The van der Waals surface area contributed by atoms with E-state index >= 15 is 0 Å². The van der Waals surface area contributed by atoms with Gasteiger partial charge in [-0.3, -0.25) is 0 Å². The second-order valence-electron chi connectivity index (χ2n) is 8.27. The largest absolute Gasteiger partial charge is 0.490 e. The molecule has 6 heteroatoms. The number of aryl methyl sites for hydroxylation is 1. The first-order valence-electron chi connectivity index (χ1n) is 10.5. The number of hydrogen-bond acceptors (Lipinski definition) is 5. The molecule has 0 amide bonds. The standard InChI is InChI=1S/C23H30FN3O2/c1-16-6-9-27(15-16)21-5-4-19(12-20(21)24)29-18-7-10-26(11-8-18)22-13-23(28-3)25-14-17(22)2/h4-5,12-14,16,18H,6-11,15H2,1-3H3. The molecule has 0 saturated carbocycles. The van der Waals surface area contributed by atoms with E-state index in [4.69, 9.17) is 9.47 Å². The Morgan fingerprint density at radius 3 is 2.45 bits per heavy atom. The molecule has 1 unspecified atom stereocenters. The average Bonchev–Trinajstić information content (AvgIpc) is 3.15. The molecule has 2 aliphatic heterocycles. The van der Waals surface area contributed by atoms with Gasteiger partial charge in [-0.2, -0.15) is 0 Å². The quantitative estimate of drug-likeness (QED) is 0.744. The molecule has 1 aromatic carbocycles. The first-order valence-corrected chi connectivity index (χ1v) is 10.5. The van der Waals surface area contributed by atoms with Crippen molar-refractivity contribution < 1.29 is 13.9 Å². The summed E-state index contributed by atoms with van der Waals surface area (Å²) in [5, 5.41) is 0. The van der Waals surface area contributed by atoms with Crippen LogP contribution in [0.5, 0.6) is 11.6 Å². The minimum Gasteiger partial charge on any atom is -0.490 e. The molecule has 2 aromatic rings. The Morgan fingerprint density at radius 1 is 1.03 bits per heavy atom. The third-order valence-corrected chi connectivity index (χ3v) is 6.03. The Bertz CT molecular complexity index is 852. The van der Waals surface area contributed by atoms with E-state index < -0.39 is 0 Å². The van der Waals surface area contributed by atoms with Crippen LogP contribution >= 0.6 is 0 Å². The number of nitrogens with zero attached hydrogens (tertiary/aromatic N) is 3. The molecule has 1 atom stereocenters. The lowest BCUT2D eigenvalue weighted by atomic mass is 10.1. The van der Waals surface area contributed by atoms with Crippen molar-refractivity contribution in [2.45, 2.75) is 39.2 Å². The number of aromatic nitrogens is 1. The normalized spacial score (nSPS) is 20.2. The Hall–Kier alpha value is -2.50. The van der Waals surface area contributed by atoms with Crippen LogP contribution in [0.25, 0.3) is 0 Å². The van der Waals surface area contributed by atoms with Crippen molar-refractivity contribution >= 4 is 11.4 Å². The van der Waals surface area contributed by atoms with E-state index in [-0.39, 0.29) is 11.9 Å². The summed E-state index contributed by atoms with van der Waals surface area (Å²) in [6.07, 6.45) is 4.88. The van der Waals surface area contributed by atoms with Crippen molar-refractivity contribution in [1.29, 1.82) is 0 Å². The van der Waals surface area contributed by atoms with Crippen LogP contribution < -0.4 is 19.3 Å². The SMILES string of the molecule is COc1cc(N2CCC(Oc3ccc(N4CCC(C)C4)c(F)c3)CC2)c(C)cn1. The van der Waals surface area contributed by atoms with Gasteiger partial charge >= 0.3 is 0 Å². The van der Waals surface area contributed by atoms with Crippen LogP contribution in [-0.2, 0) is 0 Å². The highest BCUT2D eigenvalue weighted by Gasteiger charge is 2.24. The van der Waals surface area contributed by atoms with Crippen LogP contribution in [0.3, 0.4) is 0 Å².